The van der Waals surface area contributed by atoms with E-state index in [0.29, 0.717) is 5.75 Å². The number of nitriles is 1. The normalized spacial score (nSPS) is 17.6. The molecular formula is C15H16FN3OS. The molecule has 6 heteroatoms. The molecule has 1 saturated heterocycles. The van der Waals surface area contributed by atoms with E-state index in [4.69, 9.17) is 4.74 Å². The van der Waals surface area contributed by atoms with Gasteiger partial charge in [0.25, 0.3) is 0 Å². The second-order valence-corrected chi connectivity index (χ2v) is 5.80. The van der Waals surface area contributed by atoms with Crippen molar-refractivity contribution in [3.8, 4) is 11.8 Å². The van der Waals surface area contributed by atoms with E-state index in [1.165, 1.54) is 3.97 Å². The summed E-state index contributed by atoms with van der Waals surface area (Å²) in [6.45, 7) is 1.61. The Bertz CT molecular complexity index is 701. The minimum Gasteiger partial charge on any atom is -0.497 e. The van der Waals surface area contributed by atoms with E-state index in [0.717, 1.165) is 42.4 Å². The minimum atomic E-state index is -0.543. The Labute approximate surface area is 127 Å². The van der Waals surface area contributed by atoms with Gasteiger partial charge in [0, 0.05) is 17.6 Å². The number of piperidine rings is 1. The number of nitrogens with one attached hydrogen (secondary N) is 1. The van der Waals surface area contributed by atoms with Crippen LogP contribution in [0, 0.1) is 11.3 Å². The van der Waals surface area contributed by atoms with E-state index in [9.17, 15) is 9.15 Å². The molecule has 110 valence electrons. The zero-order chi connectivity index (χ0) is 14.9. The fourth-order valence-electron chi connectivity index (χ4n) is 3.04. The molecule has 1 N–H and O–H groups in total. The van der Waals surface area contributed by atoms with Crippen LogP contribution >= 0.6 is 12.3 Å². The number of halogens is 1. The summed E-state index contributed by atoms with van der Waals surface area (Å²) in [5, 5.41) is 13.9. The topological polar surface area (TPSA) is 50.0 Å². The van der Waals surface area contributed by atoms with Crippen molar-refractivity contribution >= 4 is 23.2 Å². The number of fused-ring (bicyclic) bond motifs is 1. The number of methoxy groups -OCH3 is 1. The van der Waals surface area contributed by atoms with Crippen LogP contribution in [0.2, 0.25) is 0 Å². The van der Waals surface area contributed by atoms with Crippen molar-refractivity contribution in [1.82, 2.24) is 9.29 Å². The molecule has 0 radical (unpaired) electrons. The molecule has 0 atom stereocenters. The summed E-state index contributed by atoms with van der Waals surface area (Å²) in [6.07, 6.45) is 3.24. The van der Waals surface area contributed by atoms with E-state index >= 15 is 0 Å². The Hall–Kier alpha value is -1.71. The van der Waals surface area contributed by atoms with Gasteiger partial charge in [0.05, 0.1) is 24.1 Å². The average molecular weight is 305 g/mol. The highest BCUT2D eigenvalue weighted by Crippen LogP contribution is 2.40. The van der Waals surface area contributed by atoms with Gasteiger partial charge >= 0.3 is 0 Å². The van der Waals surface area contributed by atoms with Gasteiger partial charge in [0.1, 0.15) is 5.75 Å². The highest BCUT2D eigenvalue weighted by atomic mass is 32.2. The molecular weight excluding hydrogens is 289 g/mol. The summed E-state index contributed by atoms with van der Waals surface area (Å²) in [7, 11) is 1.58. The fourth-order valence-corrected chi connectivity index (χ4v) is 3.41. The number of aromatic nitrogens is 1. The van der Waals surface area contributed by atoms with Gasteiger partial charge in [-0.15, -0.1) is 3.89 Å². The summed E-state index contributed by atoms with van der Waals surface area (Å²) in [6, 6.07) is 8.05. The van der Waals surface area contributed by atoms with Gasteiger partial charge in [0.15, 0.2) is 12.3 Å². The lowest BCUT2D eigenvalue weighted by molar-refractivity contribution is 0.384. The second kappa shape index (κ2) is 5.58. The Morgan fingerprint density at radius 2 is 2.19 bits per heavy atom. The van der Waals surface area contributed by atoms with Crippen molar-refractivity contribution < 1.29 is 8.62 Å². The Morgan fingerprint density at radius 3 is 2.81 bits per heavy atom. The summed E-state index contributed by atoms with van der Waals surface area (Å²) in [5.74, 6) is 0.679. The molecule has 1 aromatic carbocycles. The van der Waals surface area contributed by atoms with Crippen LogP contribution in [0.25, 0.3) is 10.9 Å². The summed E-state index contributed by atoms with van der Waals surface area (Å²) < 4.78 is 19.9. The number of benzene rings is 1. The van der Waals surface area contributed by atoms with Gasteiger partial charge in [-0.2, -0.15) is 5.26 Å². The summed E-state index contributed by atoms with van der Waals surface area (Å²) >= 11 is 0.148. The molecule has 2 aromatic rings. The molecule has 0 saturated carbocycles. The monoisotopic (exact) mass is 305 g/mol. The van der Waals surface area contributed by atoms with Gasteiger partial charge in [-0.1, -0.05) is 0 Å². The highest BCUT2D eigenvalue weighted by molar-refractivity contribution is 7.92. The standard InChI is InChI=1S/C15H16FN3OS/c1-20-11-2-3-12-13(9-19(21-16)14(12)8-11)15(10-17)4-6-18-7-5-15/h2-3,8-9,18H,4-7H2,1H3. The summed E-state index contributed by atoms with van der Waals surface area (Å²) in [4.78, 5) is 0. The Balaban J connectivity index is 2.21. The lowest BCUT2D eigenvalue weighted by Crippen LogP contribution is -2.38. The SMILES string of the molecule is COc1ccc2c(C3(C#N)CCNCC3)cn(SF)c2c1. The molecule has 0 amide bonds. The van der Waals surface area contributed by atoms with Crippen LogP contribution in [0.1, 0.15) is 18.4 Å². The van der Waals surface area contributed by atoms with E-state index in [1.807, 2.05) is 12.1 Å². The third kappa shape index (κ3) is 2.27. The van der Waals surface area contributed by atoms with E-state index in [-0.39, 0.29) is 12.3 Å². The fraction of sp³-hybridized carbons (Fsp3) is 0.400. The largest absolute Gasteiger partial charge is 0.497 e. The van der Waals surface area contributed by atoms with Gasteiger partial charge in [-0.25, -0.2) is 0 Å². The molecule has 0 bridgehead atoms. The first kappa shape index (κ1) is 14.2. The highest BCUT2D eigenvalue weighted by Gasteiger charge is 2.36. The van der Waals surface area contributed by atoms with Crippen LogP contribution in [-0.4, -0.2) is 24.2 Å². The van der Waals surface area contributed by atoms with Crippen LogP contribution in [0.5, 0.6) is 5.75 Å². The Morgan fingerprint density at radius 1 is 1.43 bits per heavy atom. The van der Waals surface area contributed by atoms with E-state index < -0.39 is 5.41 Å². The van der Waals surface area contributed by atoms with Gasteiger partial charge < -0.3 is 10.1 Å². The molecule has 0 spiro atoms. The van der Waals surface area contributed by atoms with E-state index in [2.05, 4.69) is 11.4 Å². The van der Waals surface area contributed by atoms with Crippen LogP contribution in [0.3, 0.4) is 0 Å². The van der Waals surface area contributed by atoms with E-state index in [1.54, 1.807) is 19.4 Å². The van der Waals surface area contributed by atoms with Crippen molar-refractivity contribution in [2.45, 2.75) is 18.3 Å². The molecule has 1 aliphatic rings. The third-order valence-corrected chi connectivity index (χ3v) is 4.69. The maximum absolute atomic E-state index is 13.2. The summed E-state index contributed by atoms with van der Waals surface area (Å²) in [5.41, 5.74) is 1.11. The quantitative estimate of drug-likeness (QED) is 0.946. The molecule has 2 heterocycles. The predicted octanol–water partition coefficient (Wildman–Crippen LogP) is 3.18. The smallest absolute Gasteiger partial charge is 0.169 e. The maximum Gasteiger partial charge on any atom is 0.169 e. The number of hydrogen-bond donors (Lipinski definition) is 1. The van der Waals surface area contributed by atoms with Crippen molar-refractivity contribution in [2.24, 2.45) is 0 Å². The first-order valence-corrected chi connectivity index (χ1v) is 7.52. The first-order valence-electron chi connectivity index (χ1n) is 6.85. The maximum atomic E-state index is 13.2. The molecule has 1 aromatic heterocycles. The molecule has 1 fully saturated rings. The lowest BCUT2D eigenvalue weighted by atomic mass is 9.74. The number of nitrogens with zero attached hydrogens (tertiary/aromatic N) is 2. The molecule has 4 nitrogen and oxygen atoms in total. The van der Waals surface area contributed by atoms with Crippen LogP contribution < -0.4 is 10.1 Å². The third-order valence-electron chi connectivity index (χ3n) is 4.24. The first-order chi connectivity index (χ1) is 10.2. The zero-order valence-corrected chi connectivity index (χ0v) is 12.5. The predicted molar refractivity (Wildman–Crippen MR) is 82.0 cm³/mol. The number of rotatable bonds is 3. The molecule has 0 unspecified atom stereocenters. The molecule has 3 rings (SSSR count). The van der Waals surface area contributed by atoms with Crippen molar-refractivity contribution in [1.29, 1.82) is 5.26 Å². The average Bonchev–Trinajstić information content (AvgIpc) is 2.93. The van der Waals surface area contributed by atoms with Gasteiger partial charge in [0.2, 0.25) is 0 Å². The van der Waals surface area contributed by atoms with Crippen LogP contribution in [0.15, 0.2) is 24.4 Å². The number of hydrogen-bond acceptors (Lipinski definition) is 4. The van der Waals surface area contributed by atoms with Crippen LogP contribution in [-0.2, 0) is 5.41 Å². The lowest BCUT2D eigenvalue weighted by Gasteiger charge is -2.31. The van der Waals surface area contributed by atoms with Crippen LogP contribution in [0.4, 0.5) is 3.89 Å². The molecule has 1 aliphatic heterocycles. The molecule has 21 heavy (non-hydrogen) atoms. The van der Waals surface area contributed by atoms with Crippen molar-refractivity contribution in [3.63, 3.8) is 0 Å². The van der Waals surface area contributed by atoms with Gasteiger partial charge in [-0.05, 0) is 43.6 Å². The Kier molecular flexibility index (Phi) is 3.79. The van der Waals surface area contributed by atoms with Crippen molar-refractivity contribution in [3.05, 3.63) is 30.0 Å². The van der Waals surface area contributed by atoms with Crippen molar-refractivity contribution in [2.75, 3.05) is 20.2 Å². The zero-order valence-electron chi connectivity index (χ0n) is 11.7. The van der Waals surface area contributed by atoms with Gasteiger partial charge in [-0.3, -0.25) is 3.97 Å². The molecule has 0 aliphatic carbocycles. The second-order valence-electron chi connectivity index (χ2n) is 5.26. The minimum absolute atomic E-state index is 0.148. The number of ether oxygens (including phenoxy) is 1.